The van der Waals surface area contributed by atoms with Crippen LogP contribution in [0.5, 0.6) is 0 Å². The third kappa shape index (κ3) is 2.76. The smallest absolute Gasteiger partial charge is 0.274 e. The van der Waals surface area contributed by atoms with Crippen LogP contribution in [0.4, 0.5) is 0 Å². The second-order valence-corrected chi connectivity index (χ2v) is 7.85. The highest BCUT2D eigenvalue weighted by Crippen LogP contribution is 2.38. The van der Waals surface area contributed by atoms with Gasteiger partial charge in [-0.15, -0.1) is 11.3 Å². The molecule has 1 atom stereocenters. The van der Waals surface area contributed by atoms with E-state index < -0.39 is 5.54 Å². The summed E-state index contributed by atoms with van der Waals surface area (Å²) >= 11 is 1.57. The van der Waals surface area contributed by atoms with Crippen LogP contribution in [0, 0.1) is 27.7 Å². The fraction of sp³-hybridized carbons (Fsp3) is 0.529. The predicted octanol–water partition coefficient (Wildman–Crippen LogP) is 3.32. The zero-order chi connectivity index (χ0) is 16.8. The molecule has 0 radical (unpaired) electrons. The number of thiazole rings is 1. The molecule has 23 heavy (non-hydrogen) atoms. The molecule has 3 rings (SSSR count). The van der Waals surface area contributed by atoms with Crippen molar-refractivity contribution in [3.8, 4) is 0 Å². The minimum atomic E-state index is -0.460. The van der Waals surface area contributed by atoms with Gasteiger partial charge in [-0.05, 0) is 53.5 Å². The fourth-order valence-corrected chi connectivity index (χ4v) is 4.15. The summed E-state index contributed by atoms with van der Waals surface area (Å²) in [6, 6.07) is 1.96. The van der Waals surface area contributed by atoms with E-state index in [4.69, 9.17) is 0 Å². The van der Waals surface area contributed by atoms with Crippen molar-refractivity contribution in [2.45, 2.75) is 53.0 Å². The van der Waals surface area contributed by atoms with E-state index in [-0.39, 0.29) is 5.91 Å². The van der Waals surface area contributed by atoms with Crippen molar-refractivity contribution in [3.63, 3.8) is 0 Å². The highest BCUT2D eigenvalue weighted by molar-refractivity contribution is 7.11. The fourth-order valence-electron chi connectivity index (χ4n) is 3.34. The molecule has 2 aromatic heterocycles. The lowest BCUT2D eigenvalue weighted by molar-refractivity contribution is 0.0597. The minimum absolute atomic E-state index is 0.00499. The Kier molecular flexibility index (Phi) is 3.96. The van der Waals surface area contributed by atoms with E-state index in [1.54, 1.807) is 11.3 Å². The number of nitrogens with zero attached hydrogens (tertiary/aromatic N) is 4. The molecule has 2 aromatic rings. The van der Waals surface area contributed by atoms with E-state index in [9.17, 15) is 4.79 Å². The first-order chi connectivity index (χ1) is 10.8. The molecule has 0 saturated carbocycles. The molecular formula is C17H22N4OS. The molecule has 0 spiro atoms. The van der Waals surface area contributed by atoms with Gasteiger partial charge in [-0.2, -0.15) is 0 Å². The van der Waals surface area contributed by atoms with E-state index in [1.165, 1.54) is 0 Å². The van der Waals surface area contributed by atoms with E-state index in [1.807, 2.05) is 38.7 Å². The summed E-state index contributed by atoms with van der Waals surface area (Å²) < 4.78 is 0. The molecule has 0 bridgehead atoms. The maximum absolute atomic E-state index is 13.1. The minimum Gasteiger partial charge on any atom is -0.325 e. The van der Waals surface area contributed by atoms with Crippen molar-refractivity contribution in [1.82, 2.24) is 19.9 Å². The van der Waals surface area contributed by atoms with Crippen LogP contribution in [-0.2, 0) is 5.54 Å². The number of aromatic nitrogens is 3. The van der Waals surface area contributed by atoms with E-state index in [0.29, 0.717) is 5.69 Å². The van der Waals surface area contributed by atoms with Gasteiger partial charge in [0.25, 0.3) is 5.91 Å². The Morgan fingerprint density at radius 2 is 1.83 bits per heavy atom. The Labute approximate surface area is 140 Å². The summed E-state index contributed by atoms with van der Waals surface area (Å²) in [5.74, 6) is 0.736. The summed E-state index contributed by atoms with van der Waals surface area (Å²) in [6.07, 6.45) is 1.84. The SMILES string of the molecule is Cc1cc(C)nc([C@]2(C)CCCN2C(=O)c2nc(C)sc2C)n1. The lowest BCUT2D eigenvalue weighted by Crippen LogP contribution is -2.44. The van der Waals surface area contributed by atoms with Gasteiger partial charge in [-0.3, -0.25) is 4.79 Å². The van der Waals surface area contributed by atoms with Crippen LogP contribution < -0.4 is 0 Å². The van der Waals surface area contributed by atoms with Crippen molar-refractivity contribution < 1.29 is 4.79 Å². The van der Waals surface area contributed by atoms with Gasteiger partial charge < -0.3 is 4.90 Å². The van der Waals surface area contributed by atoms with Crippen LogP contribution in [0.2, 0.25) is 0 Å². The Morgan fingerprint density at radius 1 is 1.17 bits per heavy atom. The second-order valence-electron chi connectivity index (χ2n) is 6.45. The zero-order valence-electron chi connectivity index (χ0n) is 14.3. The number of carbonyl (C=O) groups excluding carboxylic acids is 1. The largest absolute Gasteiger partial charge is 0.325 e. The van der Waals surface area contributed by atoms with Crippen LogP contribution >= 0.6 is 11.3 Å². The molecule has 5 nitrogen and oxygen atoms in total. The molecule has 122 valence electrons. The molecule has 3 heterocycles. The van der Waals surface area contributed by atoms with Crippen LogP contribution in [-0.4, -0.2) is 32.3 Å². The second kappa shape index (κ2) is 5.67. The van der Waals surface area contributed by atoms with Crippen molar-refractivity contribution in [2.75, 3.05) is 6.54 Å². The van der Waals surface area contributed by atoms with Gasteiger partial charge in [-0.25, -0.2) is 15.0 Å². The van der Waals surface area contributed by atoms with Crippen molar-refractivity contribution in [2.24, 2.45) is 0 Å². The maximum Gasteiger partial charge on any atom is 0.274 e. The van der Waals surface area contributed by atoms with Crippen molar-refractivity contribution in [3.05, 3.63) is 38.9 Å². The van der Waals surface area contributed by atoms with Crippen LogP contribution in [0.3, 0.4) is 0 Å². The summed E-state index contributed by atoms with van der Waals surface area (Å²) in [5, 5.41) is 0.925. The molecule has 1 aliphatic rings. The highest BCUT2D eigenvalue weighted by atomic mass is 32.1. The molecular weight excluding hydrogens is 308 g/mol. The van der Waals surface area contributed by atoms with E-state index >= 15 is 0 Å². The summed E-state index contributed by atoms with van der Waals surface area (Å²) in [7, 11) is 0. The van der Waals surface area contributed by atoms with Gasteiger partial charge >= 0.3 is 0 Å². The van der Waals surface area contributed by atoms with Crippen molar-refractivity contribution >= 4 is 17.2 Å². The van der Waals surface area contributed by atoms with Gasteiger partial charge in [0.05, 0.1) is 5.01 Å². The molecule has 0 unspecified atom stereocenters. The monoisotopic (exact) mass is 330 g/mol. The van der Waals surface area contributed by atoms with Crippen molar-refractivity contribution in [1.29, 1.82) is 0 Å². The molecule has 1 amide bonds. The first-order valence-corrected chi connectivity index (χ1v) is 8.71. The first kappa shape index (κ1) is 16.1. The van der Waals surface area contributed by atoms with Gasteiger partial charge in [0, 0.05) is 22.8 Å². The Balaban J connectivity index is 2.02. The Bertz CT molecular complexity index is 750. The molecule has 1 fully saturated rings. The van der Waals surface area contributed by atoms with Gasteiger partial charge in [0.1, 0.15) is 11.2 Å². The normalized spacial score (nSPS) is 21.0. The summed E-state index contributed by atoms with van der Waals surface area (Å²) in [5.41, 5.74) is 1.99. The summed E-state index contributed by atoms with van der Waals surface area (Å²) in [4.78, 5) is 29.6. The van der Waals surface area contributed by atoms with E-state index in [2.05, 4.69) is 21.9 Å². The topological polar surface area (TPSA) is 59.0 Å². The number of hydrogen-bond donors (Lipinski definition) is 0. The third-order valence-corrected chi connectivity index (χ3v) is 5.34. The lowest BCUT2D eigenvalue weighted by atomic mass is 9.97. The van der Waals surface area contributed by atoms with Crippen LogP contribution in [0.1, 0.15) is 57.4 Å². The summed E-state index contributed by atoms with van der Waals surface area (Å²) in [6.45, 7) is 10.6. The average Bonchev–Trinajstić information content (AvgIpc) is 3.01. The Hall–Kier alpha value is -1.82. The van der Waals surface area contributed by atoms with E-state index in [0.717, 1.165) is 46.5 Å². The highest BCUT2D eigenvalue weighted by Gasteiger charge is 2.44. The number of likely N-dealkylation sites (tertiary alicyclic amines) is 1. The maximum atomic E-state index is 13.1. The lowest BCUT2D eigenvalue weighted by Gasteiger charge is -2.34. The third-order valence-electron chi connectivity index (χ3n) is 4.46. The molecule has 6 heteroatoms. The number of amides is 1. The molecule has 0 aliphatic carbocycles. The van der Waals surface area contributed by atoms with Crippen LogP contribution in [0.15, 0.2) is 6.07 Å². The predicted molar refractivity (Wildman–Crippen MR) is 90.7 cm³/mol. The number of rotatable bonds is 2. The quantitative estimate of drug-likeness (QED) is 0.847. The first-order valence-electron chi connectivity index (χ1n) is 7.90. The number of carbonyl (C=O) groups is 1. The average molecular weight is 330 g/mol. The molecule has 0 aromatic carbocycles. The number of aryl methyl sites for hydroxylation is 4. The molecule has 0 N–H and O–H groups in total. The van der Waals surface area contributed by atoms with Crippen LogP contribution in [0.25, 0.3) is 0 Å². The standard InChI is InChI=1S/C17H22N4OS/c1-10-9-11(2)19-16(18-10)17(5)7-6-8-21(17)15(22)14-12(3)23-13(4)20-14/h9H,6-8H2,1-5H3/t17-/m0/s1. The Morgan fingerprint density at radius 3 is 2.39 bits per heavy atom. The van der Waals surface area contributed by atoms with Gasteiger partial charge in [0.15, 0.2) is 5.82 Å². The molecule has 1 saturated heterocycles. The van der Waals surface area contributed by atoms with Gasteiger partial charge in [-0.1, -0.05) is 0 Å². The molecule has 1 aliphatic heterocycles. The van der Waals surface area contributed by atoms with Gasteiger partial charge in [0.2, 0.25) is 0 Å². The number of hydrogen-bond acceptors (Lipinski definition) is 5. The zero-order valence-corrected chi connectivity index (χ0v) is 15.1.